The van der Waals surface area contributed by atoms with Crippen LogP contribution in [0.15, 0.2) is 54.5 Å². The smallest absolute Gasteiger partial charge is 0.256 e. The normalized spacial score (nSPS) is 26.8. The Morgan fingerprint density at radius 1 is 1.21 bits per heavy atom. The van der Waals surface area contributed by atoms with Gasteiger partial charge in [0, 0.05) is 61.5 Å². The third kappa shape index (κ3) is 4.84. The van der Waals surface area contributed by atoms with Crippen molar-refractivity contribution in [2.75, 3.05) is 19.6 Å². The molecule has 4 aliphatic rings. The molecule has 0 radical (unpaired) electrons. The lowest BCUT2D eigenvalue weighted by Crippen LogP contribution is -2.52. The number of pyridine rings is 1. The first kappa shape index (κ1) is 28.2. The Hall–Kier alpha value is -3.63. The maximum atomic E-state index is 14.5. The molecule has 1 aliphatic carbocycles. The van der Waals surface area contributed by atoms with Gasteiger partial charge < -0.3 is 19.1 Å². The molecular formula is C33H37F2N5O3. The number of rotatable bonds is 7. The summed E-state index contributed by atoms with van der Waals surface area (Å²) < 4.78 is 36.9. The van der Waals surface area contributed by atoms with Crippen molar-refractivity contribution in [2.24, 2.45) is 5.92 Å². The molecule has 1 aromatic carbocycles. The average molecular weight is 590 g/mol. The molecule has 7 rings (SSSR count). The van der Waals surface area contributed by atoms with Crippen LogP contribution >= 0.6 is 0 Å². The number of nitrogens with zero attached hydrogens (tertiary/aromatic N) is 4. The lowest BCUT2D eigenvalue weighted by atomic mass is 9.89. The van der Waals surface area contributed by atoms with Gasteiger partial charge in [-0.2, -0.15) is 0 Å². The van der Waals surface area contributed by atoms with Crippen molar-refractivity contribution >= 4 is 22.7 Å². The SMILES string of the molecule is CCN(C(=O)c1cc(F)ccc1-n1cc(C2OC2C2CCN(C(=O)[C@H]3N[C@H]4C=C3[C@@H](F)C4)CC2)c2ccncc21)C(C)C. The molecule has 5 heterocycles. The number of benzene rings is 1. The molecule has 2 aromatic heterocycles. The summed E-state index contributed by atoms with van der Waals surface area (Å²) in [4.78, 5) is 34.7. The van der Waals surface area contributed by atoms with Gasteiger partial charge in [0.15, 0.2) is 0 Å². The largest absolute Gasteiger partial charge is 0.364 e. The van der Waals surface area contributed by atoms with Gasteiger partial charge >= 0.3 is 0 Å². The van der Waals surface area contributed by atoms with Crippen molar-refractivity contribution in [1.29, 1.82) is 0 Å². The Balaban J connectivity index is 1.10. The molecule has 10 heteroatoms. The van der Waals surface area contributed by atoms with Crippen LogP contribution in [0.4, 0.5) is 8.78 Å². The predicted molar refractivity (Wildman–Crippen MR) is 158 cm³/mol. The van der Waals surface area contributed by atoms with Crippen molar-refractivity contribution in [3.8, 4) is 5.69 Å². The summed E-state index contributed by atoms with van der Waals surface area (Å²) in [6, 6.07) is 5.71. The number of carbonyl (C=O) groups is 2. The Morgan fingerprint density at radius 2 is 2.00 bits per heavy atom. The Bertz CT molecular complexity index is 1610. The van der Waals surface area contributed by atoms with E-state index in [2.05, 4.69) is 10.3 Å². The fourth-order valence-corrected chi connectivity index (χ4v) is 7.36. The van der Waals surface area contributed by atoms with Crippen molar-refractivity contribution in [3.63, 3.8) is 0 Å². The zero-order valence-electron chi connectivity index (χ0n) is 24.7. The van der Waals surface area contributed by atoms with E-state index in [9.17, 15) is 18.4 Å². The number of alkyl halides is 1. The number of aromatic nitrogens is 2. The Morgan fingerprint density at radius 3 is 2.70 bits per heavy atom. The highest BCUT2D eigenvalue weighted by atomic mass is 19.1. The van der Waals surface area contributed by atoms with Gasteiger partial charge in [-0.25, -0.2) is 8.78 Å². The molecule has 226 valence electrons. The van der Waals surface area contributed by atoms with Gasteiger partial charge in [-0.3, -0.25) is 19.9 Å². The molecule has 2 saturated heterocycles. The molecule has 3 aromatic rings. The van der Waals surface area contributed by atoms with E-state index in [4.69, 9.17) is 4.74 Å². The molecule has 2 bridgehead atoms. The molecule has 3 aliphatic heterocycles. The molecule has 5 atom stereocenters. The minimum atomic E-state index is -1.01. The highest BCUT2D eigenvalue weighted by Gasteiger charge is 2.49. The number of hydrogen-bond donors (Lipinski definition) is 1. The van der Waals surface area contributed by atoms with E-state index in [1.54, 1.807) is 23.4 Å². The van der Waals surface area contributed by atoms with Crippen LogP contribution < -0.4 is 5.32 Å². The number of ether oxygens (including phenoxy) is 1. The van der Waals surface area contributed by atoms with Crippen LogP contribution in [0.5, 0.6) is 0 Å². The third-order valence-corrected chi connectivity index (χ3v) is 9.64. The molecule has 0 saturated carbocycles. The molecule has 1 N–H and O–H groups in total. The van der Waals surface area contributed by atoms with E-state index in [-0.39, 0.29) is 36.1 Å². The number of hydrogen-bond acceptors (Lipinski definition) is 5. The minimum Gasteiger partial charge on any atom is -0.364 e. The number of nitrogens with one attached hydrogen (secondary N) is 1. The van der Waals surface area contributed by atoms with Crippen LogP contribution in [0, 0.1) is 11.7 Å². The van der Waals surface area contributed by atoms with Gasteiger partial charge in [0.2, 0.25) is 5.91 Å². The summed E-state index contributed by atoms with van der Waals surface area (Å²) in [6.45, 7) is 7.58. The first-order valence-electron chi connectivity index (χ1n) is 15.4. The van der Waals surface area contributed by atoms with Crippen LogP contribution in [-0.2, 0) is 9.53 Å². The molecule has 2 amide bonds. The molecular weight excluding hydrogens is 552 g/mol. The fraction of sp³-hybridized carbons (Fsp3) is 0.485. The number of amides is 2. The van der Waals surface area contributed by atoms with Crippen LogP contribution in [0.2, 0.25) is 0 Å². The van der Waals surface area contributed by atoms with Gasteiger partial charge in [-0.15, -0.1) is 0 Å². The van der Waals surface area contributed by atoms with E-state index < -0.39 is 18.0 Å². The topological polar surface area (TPSA) is 83.0 Å². The van der Waals surface area contributed by atoms with Crippen LogP contribution in [0.25, 0.3) is 16.6 Å². The van der Waals surface area contributed by atoms with Crippen LogP contribution in [-0.4, -0.2) is 81.2 Å². The molecule has 8 nitrogen and oxygen atoms in total. The van der Waals surface area contributed by atoms with Gasteiger partial charge in [-0.05, 0) is 69.4 Å². The van der Waals surface area contributed by atoms with Crippen LogP contribution in [0.3, 0.4) is 0 Å². The van der Waals surface area contributed by atoms with Crippen LogP contribution in [0.1, 0.15) is 62.1 Å². The third-order valence-electron chi connectivity index (χ3n) is 9.64. The monoisotopic (exact) mass is 589 g/mol. The zero-order chi connectivity index (χ0) is 30.0. The maximum absolute atomic E-state index is 14.5. The summed E-state index contributed by atoms with van der Waals surface area (Å²) in [5.41, 5.74) is 3.32. The number of likely N-dealkylation sites (tertiary alicyclic amines) is 1. The van der Waals surface area contributed by atoms with Gasteiger partial charge in [-0.1, -0.05) is 6.08 Å². The highest BCUT2D eigenvalue weighted by molar-refractivity contribution is 5.99. The number of halogens is 2. The summed E-state index contributed by atoms with van der Waals surface area (Å²) in [7, 11) is 0. The molecule has 2 fully saturated rings. The standard InChI is InChI=1S/C33H37F2N5O3/c1-4-39(18(2)3)32(41)24-13-20(34)5-6-27(24)40-17-25(22-7-10-36-16-28(22)40)31-30(43-31)19-8-11-38(12-9-19)33(42)29-23-14-21(37-29)15-26(23)35/h5-7,10,13-14,16-19,21,26,29-31,37H,4,8-9,11-12,15H2,1-3H3/t21-,26-,29-,30?,31?/m0/s1. The van der Waals surface area contributed by atoms with Crippen molar-refractivity contribution in [2.45, 2.75) is 76.5 Å². The number of epoxide rings is 1. The van der Waals surface area contributed by atoms with E-state index in [1.807, 2.05) is 48.6 Å². The second kappa shape index (κ2) is 10.8. The number of carbonyl (C=O) groups excluding carboxylic acids is 2. The van der Waals surface area contributed by atoms with E-state index in [0.717, 1.165) is 29.3 Å². The molecule has 2 unspecified atom stereocenters. The van der Waals surface area contributed by atoms with Gasteiger partial charge in [0.25, 0.3) is 5.91 Å². The summed E-state index contributed by atoms with van der Waals surface area (Å²) in [6.07, 6.45) is 8.34. The second-order valence-electron chi connectivity index (χ2n) is 12.5. The van der Waals surface area contributed by atoms with Gasteiger partial charge in [0.1, 0.15) is 24.1 Å². The second-order valence-corrected chi connectivity index (χ2v) is 12.5. The van der Waals surface area contributed by atoms with Gasteiger partial charge in [0.05, 0.1) is 29.1 Å². The summed E-state index contributed by atoms with van der Waals surface area (Å²) in [5.74, 6) is -0.417. The summed E-state index contributed by atoms with van der Waals surface area (Å²) >= 11 is 0. The quantitative estimate of drug-likeness (QED) is 0.319. The van der Waals surface area contributed by atoms with E-state index in [1.165, 1.54) is 12.1 Å². The minimum absolute atomic E-state index is 0.0221. The fourth-order valence-electron chi connectivity index (χ4n) is 7.36. The molecule has 0 spiro atoms. The average Bonchev–Trinajstić information content (AvgIpc) is 3.34. The lowest BCUT2D eigenvalue weighted by molar-refractivity contribution is -0.134. The first-order chi connectivity index (χ1) is 20.7. The number of fused-ring (bicyclic) bond motifs is 2. The van der Waals surface area contributed by atoms with Crippen molar-refractivity contribution in [1.82, 2.24) is 24.7 Å². The Labute approximate surface area is 249 Å². The predicted octanol–water partition coefficient (Wildman–Crippen LogP) is 4.72. The van der Waals surface area contributed by atoms with Crippen molar-refractivity contribution in [3.05, 3.63) is 71.4 Å². The Kier molecular flexibility index (Phi) is 7.09. The molecule has 43 heavy (non-hydrogen) atoms. The lowest BCUT2D eigenvalue weighted by Gasteiger charge is -2.35. The van der Waals surface area contributed by atoms with E-state index >= 15 is 0 Å². The first-order valence-corrected chi connectivity index (χ1v) is 15.4. The number of piperidine rings is 2. The maximum Gasteiger partial charge on any atom is 0.256 e. The van der Waals surface area contributed by atoms with Crippen molar-refractivity contribution < 1.29 is 23.1 Å². The zero-order valence-corrected chi connectivity index (χ0v) is 24.7. The van der Waals surface area contributed by atoms with E-state index in [0.29, 0.717) is 48.8 Å². The summed E-state index contributed by atoms with van der Waals surface area (Å²) in [5, 5.41) is 4.23. The highest BCUT2D eigenvalue weighted by Crippen LogP contribution is 2.49.